The molecule has 0 saturated heterocycles. The molecule has 0 atom stereocenters. The highest BCUT2D eigenvalue weighted by molar-refractivity contribution is 7.99. The number of rotatable bonds is 7. The summed E-state index contributed by atoms with van der Waals surface area (Å²) in [6, 6.07) is 0. The SMILES string of the molecule is CCCCCCCSc1nn[nH]n1. The third-order valence-corrected chi connectivity index (χ3v) is 2.73. The van der Waals surface area contributed by atoms with E-state index in [4.69, 9.17) is 0 Å². The number of tetrazole rings is 1. The van der Waals surface area contributed by atoms with E-state index >= 15 is 0 Å². The van der Waals surface area contributed by atoms with Gasteiger partial charge in [-0.15, -0.1) is 10.2 Å². The Kier molecular flexibility index (Phi) is 5.56. The number of hydrogen-bond donors (Lipinski definition) is 1. The summed E-state index contributed by atoms with van der Waals surface area (Å²) in [4.78, 5) is 0. The average molecular weight is 200 g/mol. The molecule has 13 heavy (non-hydrogen) atoms. The van der Waals surface area contributed by atoms with Gasteiger partial charge < -0.3 is 0 Å². The molecule has 0 bridgehead atoms. The third kappa shape index (κ3) is 4.87. The molecule has 0 fully saturated rings. The van der Waals surface area contributed by atoms with Crippen LogP contribution in [0.4, 0.5) is 0 Å². The number of aromatic amines is 1. The predicted molar refractivity (Wildman–Crippen MR) is 53.7 cm³/mol. The summed E-state index contributed by atoms with van der Waals surface area (Å²) >= 11 is 1.67. The van der Waals surface area contributed by atoms with Gasteiger partial charge in [0.1, 0.15) is 0 Å². The molecule has 0 aliphatic heterocycles. The number of unbranched alkanes of at least 4 members (excludes halogenated alkanes) is 4. The van der Waals surface area contributed by atoms with E-state index < -0.39 is 0 Å². The van der Waals surface area contributed by atoms with Gasteiger partial charge in [-0.3, -0.25) is 0 Å². The lowest BCUT2D eigenvalue weighted by atomic mass is 10.2. The fourth-order valence-electron chi connectivity index (χ4n) is 1.08. The van der Waals surface area contributed by atoms with Gasteiger partial charge in [0.15, 0.2) is 0 Å². The fraction of sp³-hybridized carbons (Fsp3) is 0.875. The lowest BCUT2D eigenvalue weighted by molar-refractivity contribution is 0.659. The van der Waals surface area contributed by atoms with Gasteiger partial charge in [-0.25, -0.2) is 0 Å². The lowest BCUT2D eigenvalue weighted by Gasteiger charge is -1.97. The molecular formula is C8H16N4S. The maximum absolute atomic E-state index is 3.87. The maximum Gasteiger partial charge on any atom is 0.230 e. The second-order valence-corrected chi connectivity index (χ2v) is 4.02. The molecule has 0 spiro atoms. The van der Waals surface area contributed by atoms with Gasteiger partial charge >= 0.3 is 0 Å². The highest BCUT2D eigenvalue weighted by Gasteiger charge is 1.97. The Morgan fingerprint density at radius 2 is 2.08 bits per heavy atom. The van der Waals surface area contributed by atoms with Crippen LogP contribution >= 0.6 is 11.8 Å². The fourth-order valence-corrected chi connectivity index (χ4v) is 1.82. The molecule has 5 heteroatoms. The first-order chi connectivity index (χ1) is 6.43. The maximum atomic E-state index is 3.87. The van der Waals surface area contributed by atoms with Gasteiger partial charge in [0.25, 0.3) is 0 Å². The zero-order valence-electron chi connectivity index (χ0n) is 7.99. The van der Waals surface area contributed by atoms with Gasteiger partial charge in [-0.1, -0.05) is 44.4 Å². The highest BCUT2D eigenvalue weighted by Crippen LogP contribution is 2.13. The van der Waals surface area contributed by atoms with Crippen LogP contribution in [0.2, 0.25) is 0 Å². The summed E-state index contributed by atoms with van der Waals surface area (Å²) in [6.45, 7) is 2.23. The first-order valence-corrected chi connectivity index (χ1v) is 5.78. The Balaban J connectivity index is 1.90. The van der Waals surface area contributed by atoms with Crippen molar-refractivity contribution in [2.75, 3.05) is 5.75 Å². The molecule has 0 radical (unpaired) electrons. The van der Waals surface area contributed by atoms with Crippen LogP contribution in [-0.4, -0.2) is 26.4 Å². The topological polar surface area (TPSA) is 54.5 Å². The number of aromatic nitrogens is 4. The van der Waals surface area contributed by atoms with E-state index in [9.17, 15) is 0 Å². The Hall–Kier alpha value is -0.580. The van der Waals surface area contributed by atoms with Gasteiger partial charge in [0, 0.05) is 5.75 Å². The summed E-state index contributed by atoms with van der Waals surface area (Å²) in [6.07, 6.45) is 6.58. The molecule has 1 aromatic rings. The predicted octanol–water partition coefficient (Wildman–Crippen LogP) is 2.26. The minimum Gasteiger partial charge on any atom is -0.176 e. The second kappa shape index (κ2) is 6.88. The molecule has 0 unspecified atom stereocenters. The molecule has 0 aliphatic carbocycles. The van der Waals surface area contributed by atoms with E-state index in [0.717, 1.165) is 10.9 Å². The van der Waals surface area contributed by atoms with Crippen molar-refractivity contribution in [3.8, 4) is 0 Å². The van der Waals surface area contributed by atoms with Crippen molar-refractivity contribution >= 4 is 11.8 Å². The van der Waals surface area contributed by atoms with Gasteiger partial charge in [-0.05, 0) is 11.6 Å². The minimum atomic E-state index is 0.760. The quantitative estimate of drug-likeness (QED) is 0.542. The van der Waals surface area contributed by atoms with Crippen LogP contribution < -0.4 is 0 Å². The minimum absolute atomic E-state index is 0.760. The van der Waals surface area contributed by atoms with Crippen LogP contribution in [-0.2, 0) is 0 Å². The number of thioether (sulfide) groups is 1. The van der Waals surface area contributed by atoms with Crippen molar-refractivity contribution in [1.29, 1.82) is 0 Å². The van der Waals surface area contributed by atoms with Crippen LogP contribution in [0.25, 0.3) is 0 Å². The van der Waals surface area contributed by atoms with Crippen molar-refractivity contribution in [2.24, 2.45) is 0 Å². The number of nitrogens with zero attached hydrogens (tertiary/aromatic N) is 3. The normalized spacial score (nSPS) is 10.5. The number of H-pyrrole nitrogens is 1. The molecule has 1 rings (SSSR count). The molecule has 0 amide bonds. The van der Waals surface area contributed by atoms with Crippen molar-refractivity contribution < 1.29 is 0 Å². The molecule has 0 aromatic carbocycles. The Morgan fingerprint density at radius 1 is 1.23 bits per heavy atom. The van der Waals surface area contributed by atoms with Crippen LogP contribution in [0, 0.1) is 0 Å². The summed E-state index contributed by atoms with van der Waals surface area (Å²) in [7, 11) is 0. The van der Waals surface area contributed by atoms with E-state index in [1.807, 2.05) is 0 Å². The number of nitrogens with one attached hydrogen (secondary N) is 1. The van der Waals surface area contributed by atoms with Gasteiger partial charge in [0.05, 0.1) is 0 Å². The molecule has 1 heterocycles. The molecule has 1 aromatic heterocycles. The third-order valence-electron chi connectivity index (χ3n) is 1.80. The van der Waals surface area contributed by atoms with E-state index in [0.29, 0.717) is 0 Å². The van der Waals surface area contributed by atoms with E-state index in [2.05, 4.69) is 27.5 Å². The lowest BCUT2D eigenvalue weighted by Crippen LogP contribution is -1.83. The molecule has 0 aliphatic rings. The van der Waals surface area contributed by atoms with E-state index in [1.54, 1.807) is 11.8 Å². The van der Waals surface area contributed by atoms with Crippen LogP contribution in [0.3, 0.4) is 0 Å². The summed E-state index contributed by atoms with van der Waals surface area (Å²) in [5.41, 5.74) is 0. The standard InChI is InChI=1S/C8H16N4S/c1-2-3-4-5-6-7-13-8-9-11-12-10-8/h2-7H2,1H3,(H,9,10,11,12). The van der Waals surface area contributed by atoms with Crippen molar-refractivity contribution in [3.63, 3.8) is 0 Å². The smallest absolute Gasteiger partial charge is 0.176 e. The Bertz CT molecular complexity index is 200. The molecule has 1 N–H and O–H groups in total. The molecule has 4 nitrogen and oxygen atoms in total. The zero-order chi connectivity index (χ0) is 9.36. The summed E-state index contributed by atoms with van der Waals surface area (Å²) < 4.78 is 0. The van der Waals surface area contributed by atoms with Crippen LogP contribution in [0.15, 0.2) is 5.16 Å². The highest BCUT2D eigenvalue weighted by atomic mass is 32.2. The summed E-state index contributed by atoms with van der Waals surface area (Å²) in [5.74, 6) is 1.10. The van der Waals surface area contributed by atoms with Gasteiger partial charge in [0.2, 0.25) is 5.16 Å². The first kappa shape index (κ1) is 10.5. The molecular weight excluding hydrogens is 184 g/mol. The zero-order valence-corrected chi connectivity index (χ0v) is 8.81. The van der Waals surface area contributed by atoms with Crippen molar-refractivity contribution in [1.82, 2.24) is 20.6 Å². The number of hydrogen-bond acceptors (Lipinski definition) is 4. The largest absolute Gasteiger partial charge is 0.230 e. The summed E-state index contributed by atoms with van der Waals surface area (Å²) in [5, 5.41) is 14.4. The van der Waals surface area contributed by atoms with Crippen molar-refractivity contribution in [2.45, 2.75) is 44.2 Å². The first-order valence-electron chi connectivity index (χ1n) is 4.79. The average Bonchev–Trinajstić information content (AvgIpc) is 2.63. The van der Waals surface area contributed by atoms with E-state index in [-0.39, 0.29) is 0 Å². The van der Waals surface area contributed by atoms with Crippen LogP contribution in [0.1, 0.15) is 39.0 Å². The van der Waals surface area contributed by atoms with E-state index in [1.165, 1.54) is 32.1 Å². The molecule has 74 valence electrons. The Labute approximate surface area is 82.9 Å². The molecule has 0 saturated carbocycles. The second-order valence-electron chi connectivity index (χ2n) is 2.96. The Morgan fingerprint density at radius 3 is 2.77 bits per heavy atom. The van der Waals surface area contributed by atoms with Crippen molar-refractivity contribution in [3.05, 3.63) is 0 Å². The van der Waals surface area contributed by atoms with Gasteiger partial charge in [-0.2, -0.15) is 5.21 Å². The monoisotopic (exact) mass is 200 g/mol. The van der Waals surface area contributed by atoms with Crippen LogP contribution in [0.5, 0.6) is 0 Å².